The molecule has 0 aliphatic heterocycles. The van der Waals surface area contributed by atoms with Gasteiger partial charge in [-0.3, -0.25) is 4.79 Å². The molecule has 0 atom stereocenters. The second-order valence-corrected chi connectivity index (χ2v) is 5.31. The predicted octanol–water partition coefficient (Wildman–Crippen LogP) is 0.589. The molecule has 0 amide bonds. The fraction of sp³-hybridized carbons (Fsp3) is 0.150. The molecule has 0 saturated carbocycles. The third kappa shape index (κ3) is 4.17. The summed E-state index contributed by atoms with van der Waals surface area (Å²) in [5.74, 6) is 1.28. The summed E-state index contributed by atoms with van der Waals surface area (Å²) in [5, 5.41) is 0. The van der Waals surface area contributed by atoms with Gasteiger partial charge in [-0.25, -0.2) is 0 Å². The van der Waals surface area contributed by atoms with Gasteiger partial charge in [0, 0.05) is 24.1 Å². The van der Waals surface area contributed by atoms with Gasteiger partial charge in [-0.2, -0.15) is 6.07 Å². The van der Waals surface area contributed by atoms with E-state index in [0.29, 0.717) is 29.3 Å². The monoisotopic (exact) mass is 327 g/mol. The largest absolute Gasteiger partial charge is 1.00 e. The maximum absolute atomic E-state index is 12.7. The average molecular weight is 327 g/mol. The molecule has 0 unspecified atom stereocenters. The number of hydrogen-bond donors (Lipinski definition) is 0. The van der Waals surface area contributed by atoms with Gasteiger partial charge in [-0.05, 0) is 12.1 Å². The van der Waals surface area contributed by atoms with Crippen molar-refractivity contribution in [3.8, 4) is 11.5 Å². The molecule has 4 nitrogen and oxygen atoms in total. The Morgan fingerprint density at radius 3 is 2.44 bits per heavy atom. The first kappa shape index (κ1) is 18.9. The van der Waals surface area contributed by atoms with Crippen molar-refractivity contribution in [2.24, 2.45) is 0 Å². The molecular weight excluding hydrogens is 309 g/mol. The Bertz CT molecular complexity index is 843. The molecule has 1 heterocycles. The van der Waals surface area contributed by atoms with E-state index in [4.69, 9.17) is 9.47 Å². The van der Waals surface area contributed by atoms with E-state index in [2.05, 4.69) is 6.07 Å². The van der Waals surface area contributed by atoms with Crippen molar-refractivity contribution >= 4 is 5.78 Å². The van der Waals surface area contributed by atoms with E-state index in [9.17, 15) is 4.79 Å². The minimum Gasteiger partial charge on any atom is -0.551 e. The van der Waals surface area contributed by atoms with Crippen LogP contribution in [0.1, 0.15) is 21.6 Å². The van der Waals surface area contributed by atoms with Gasteiger partial charge in [-0.1, -0.05) is 30.3 Å². The van der Waals surface area contributed by atoms with Crippen LogP contribution in [0.3, 0.4) is 0 Å². The van der Waals surface area contributed by atoms with Gasteiger partial charge in [0.2, 0.25) is 5.78 Å². The van der Waals surface area contributed by atoms with Crippen LogP contribution < -0.4 is 28.3 Å². The number of methoxy groups -OCH3 is 2. The van der Waals surface area contributed by atoms with E-state index in [1.807, 2.05) is 59.3 Å². The number of carbonyl (C=O) groups is 1. The number of aromatic nitrogens is 1. The van der Waals surface area contributed by atoms with E-state index < -0.39 is 0 Å². The Hall–Kier alpha value is -2.41. The van der Waals surface area contributed by atoms with E-state index in [1.165, 1.54) is 0 Å². The number of hydrogen-bond acceptors (Lipinski definition) is 3. The molecule has 0 spiro atoms. The zero-order valence-corrected chi connectivity index (χ0v) is 14.7. The van der Waals surface area contributed by atoms with Gasteiger partial charge >= 0.3 is 18.9 Å². The zero-order chi connectivity index (χ0) is 16.9. The Morgan fingerprint density at radius 2 is 1.76 bits per heavy atom. The van der Waals surface area contributed by atoms with Crippen molar-refractivity contribution in [2.45, 2.75) is 6.54 Å². The molecule has 5 heteroatoms. The van der Waals surface area contributed by atoms with Crippen LogP contribution in [-0.2, 0) is 6.54 Å². The fourth-order valence-electron chi connectivity index (χ4n) is 2.59. The van der Waals surface area contributed by atoms with Crippen molar-refractivity contribution in [3.05, 3.63) is 83.7 Å². The first-order chi connectivity index (χ1) is 11.7. The van der Waals surface area contributed by atoms with Crippen molar-refractivity contribution in [3.63, 3.8) is 0 Å². The van der Waals surface area contributed by atoms with Crippen LogP contribution in [0.15, 0.2) is 60.8 Å². The minimum absolute atomic E-state index is 0. The first-order valence-corrected chi connectivity index (χ1v) is 7.60. The Morgan fingerprint density at radius 1 is 1.04 bits per heavy atom. The Kier molecular flexibility index (Phi) is 6.52. The van der Waals surface area contributed by atoms with E-state index in [-0.39, 0.29) is 24.6 Å². The van der Waals surface area contributed by atoms with Gasteiger partial charge in [0.1, 0.15) is 0 Å². The van der Waals surface area contributed by atoms with E-state index >= 15 is 0 Å². The maximum Gasteiger partial charge on any atom is 1.00 e. The number of nitrogens with zero attached hydrogens (tertiary/aromatic N) is 1. The van der Waals surface area contributed by atoms with Gasteiger partial charge in [-0.15, -0.1) is 17.7 Å². The number of carbonyl (C=O) groups excluding carboxylic acids is 1. The molecule has 0 aliphatic rings. The number of ether oxygens (including phenoxy) is 2. The molecule has 3 rings (SSSR count). The maximum atomic E-state index is 12.7. The van der Waals surface area contributed by atoms with Gasteiger partial charge < -0.3 is 14.0 Å². The average Bonchev–Trinajstić information content (AvgIpc) is 3.09. The van der Waals surface area contributed by atoms with Crippen LogP contribution in [0.5, 0.6) is 11.5 Å². The summed E-state index contributed by atoms with van der Waals surface area (Å²) in [6.45, 7) is 0.529. The smallest absolute Gasteiger partial charge is 0.551 e. The summed E-state index contributed by atoms with van der Waals surface area (Å²) in [5.41, 5.74) is 2.23. The zero-order valence-electron chi connectivity index (χ0n) is 14.7. The summed E-state index contributed by atoms with van der Waals surface area (Å²) in [4.78, 5) is 12.7. The van der Waals surface area contributed by atoms with Gasteiger partial charge in [0.25, 0.3) is 0 Å². The normalized spacial score (nSPS) is 10.0. The van der Waals surface area contributed by atoms with Gasteiger partial charge in [0.15, 0.2) is 0 Å². The predicted molar refractivity (Wildman–Crippen MR) is 91.8 cm³/mol. The number of ketones is 1. The molecule has 0 radical (unpaired) electrons. The summed E-state index contributed by atoms with van der Waals surface area (Å²) in [7, 11) is 3.19. The molecule has 0 N–H and O–H groups in total. The summed E-state index contributed by atoms with van der Waals surface area (Å²) in [6.07, 6.45) is 1.89. The molecule has 25 heavy (non-hydrogen) atoms. The molecule has 0 fully saturated rings. The molecule has 3 aromatic rings. The van der Waals surface area contributed by atoms with E-state index in [0.717, 1.165) is 5.56 Å². The Labute approximate surface area is 159 Å². The number of rotatable bonds is 6. The topological polar surface area (TPSA) is 40.5 Å². The van der Waals surface area contributed by atoms with Crippen LogP contribution in [0.2, 0.25) is 0 Å². The number of benzene rings is 2. The van der Waals surface area contributed by atoms with Crippen molar-refractivity contribution < 1.29 is 33.1 Å². The Balaban J connectivity index is 0.00000225. The molecular formula is C20H18LiNO3. The fourth-order valence-corrected chi connectivity index (χ4v) is 2.59. The summed E-state index contributed by atoms with van der Waals surface area (Å²) < 4.78 is 12.5. The third-order valence-corrected chi connectivity index (χ3v) is 3.82. The second-order valence-electron chi connectivity index (χ2n) is 5.31. The molecule has 0 bridgehead atoms. The van der Waals surface area contributed by atoms with Gasteiger partial charge in [0.05, 0.1) is 25.7 Å². The summed E-state index contributed by atoms with van der Waals surface area (Å²) in [6, 6.07) is 19.8. The second kappa shape index (κ2) is 8.62. The molecule has 122 valence electrons. The van der Waals surface area contributed by atoms with Crippen molar-refractivity contribution in [1.82, 2.24) is 4.57 Å². The van der Waals surface area contributed by atoms with Crippen LogP contribution in [0, 0.1) is 6.07 Å². The first-order valence-electron chi connectivity index (χ1n) is 7.60. The van der Waals surface area contributed by atoms with Crippen LogP contribution in [-0.4, -0.2) is 24.6 Å². The van der Waals surface area contributed by atoms with Crippen LogP contribution in [0.25, 0.3) is 0 Å². The standard InChI is InChI=1S/C20H18NO3.Li/c1-23-18-11-10-15(13-19(18)24-2)14-21-12-6-9-17(21)20(22)16-7-4-3-5-8-16;/h3-9,11-13H,14H2,1-2H3;/q-1;+1. The SMILES string of the molecule is COc1c[c-]c(Cn2cccc2C(=O)c2ccccc2)cc1OC.[Li+]. The molecule has 0 saturated heterocycles. The van der Waals surface area contributed by atoms with Crippen LogP contribution >= 0.6 is 0 Å². The third-order valence-electron chi connectivity index (χ3n) is 3.82. The van der Waals surface area contributed by atoms with Crippen LogP contribution in [0.4, 0.5) is 0 Å². The molecule has 1 aromatic heterocycles. The van der Waals surface area contributed by atoms with Crippen molar-refractivity contribution in [1.29, 1.82) is 0 Å². The molecule has 0 aliphatic carbocycles. The van der Waals surface area contributed by atoms with Crippen molar-refractivity contribution in [2.75, 3.05) is 14.2 Å². The van der Waals surface area contributed by atoms with E-state index in [1.54, 1.807) is 20.3 Å². The molecule has 2 aromatic carbocycles. The minimum atomic E-state index is 0. The quantitative estimate of drug-likeness (QED) is 0.378. The summed E-state index contributed by atoms with van der Waals surface area (Å²) >= 11 is 0.